The van der Waals surface area contributed by atoms with E-state index in [4.69, 9.17) is 0 Å². The van der Waals surface area contributed by atoms with E-state index in [2.05, 4.69) is 15.3 Å². The minimum atomic E-state index is -0.215. The van der Waals surface area contributed by atoms with Crippen molar-refractivity contribution in [2.24, 2.45) is 7.05 Å². The third-order valence-corrected chi connectivity index (χ3v) is 3.71. The summed E-state index contributed by atoms with van der Waals surface area (Å²) in [4.78, 5) is 20.4. The molecule has 3 rings (SSSR count). The van der Waals surface area contributed by atoms with Gasteiger partial charge in [-0.15, -0.1) is 11.3 Å². The quantitative estimate of drug-likeness (QED) is 0.780. The number of rotatable bonds is 2. The van der Waals surface area contributed by atoms with E-state index in [0.29, 0.717) is 5.82 Å². The summed E-state index contributed by atoms with van der Waals surface area (Å²) in [6.07, 6.45) is 3.34. The Morgan fingerprint density at radius 1 is 1.42 bits per heavy atom. The molecule has 1 N–H and O–H groups in total. The second kappa shape index (κ2) is 4.47. The van der Waals surface area contributed by atoms with Gasteiger partial charge in [-0.3, -0.25) is 4.79 Å². The van der Waals surface area contributed by atoms with Crippen molar-refractivity contribution in [2.75, 3.05) is 5.32 Å². The van der Waals surface area contributed by atoms with Crippen LogP contribution in [0.25, 0.3) is 10.2 Å². The topological polar surface area (TPSA) is 59.8 Å². The number of amides is 1. The van der Waals surface area contributed by atoms with E-state index in [0.717, 1.165) is 20.9 Å². The third-order valence-electron chi connectivity index (χ3n) is 2.78. The zero-order valence-corrected chi connectivity index (χ0v) is 11.4. The normalized spacial score (nSPS) is 10.8. The Hall–Kier alpha value is -2.21. The number of carbonyl (C=O) groups is 1. The highest BCUT2D eigenvalue weighted by atomic mass is 32.1. The Labute approximate surface area is 113 Å². The van der Waals surface area contributed by atoms with Crippen LogP contribution in [-0.2, 0) is 7.05 Å². The summed E-state index contributed by atoms with van der Waals surface area (Å²) in [6.45, 7) is 1.97. The number of fused-ring (bicyclic) bond motifs is 1. The van der Waals surface area contributed by atoms with Gasteiger partial charge in [0.25, 0.3) is 5.91 Å². The summed E-state index contributed by atoms with van der Waals surface area (Å²) < 4.78 is 2.75. The fourth-order valence-corrected chi connectivity index (χ4v) is 2.76. The number of nitrogens with zero attached hydrogens (tertiary/aromatic N) is 3. The summed E-state index contributed by atoms with van der Waals surface area (Å²) in [6, 6.07) is 5.69. The zero-order valence-electron chi connectivity index (χ0n) is 10.5. The molecule has 0 atom stereocenters. The SMILES string of the molecule is Cc1nc2ccc(NC(=O)c3nccn3C)cc2s1. The lowest BCUT2D eigenvalue weighted by atomic mass is 10.3. The summed E-state index contributed by atoms with van der Waals surface area (Å²) >= 11 is 1.61. The van der Waals surface area contributed by atoms with E-state index in [9.17, 15) is 4.79 Å². The van der Waals surface area contributed by atoms with Crippen molar-refractivity contribution < 1.29 is 4.79 Å². The molecule has 0 saturated heterocycles. The maximum absolute atomic E-state index is 12.0. The Morgan fingerprint density at radius 2 is 2.26 bits per heavy atom. The van der Waals surface area contributed by atoms with E-state index in [-0.39, 0.29) is 5.91 Å². The summed E-state index contributed by atoms with van der Waals surface area (Å²) in [7, 11) is 1.79. The Balaban J connectivity index is 1.89. The van der Waals surface area contributed by atoms with Crippen LogP contribution >= 0.6 is 11.3 Å². The second-order valence-electron chi connectivity index (χ2n) is 4.23. The van der Waals surface area contributed by atoms with Gasteiger partial charge in [0.05, 0.1) is 15.2 Å². The predicted molar refractivity (Wildman–Crippen MR) is 75.5 cm³/mol. The van der Waals surface area contributed by atoms with Gasteiger partial charge in [-0.25, -0.2) is 9.97 Å². The molecule has 0 saturated carbocycles. The van der Waals surface area contributed by atoms with E-state index in [1.165, 1.54) is 0 Å². The molecule has 6 heteroatoms. The third kappa shape index (κ3) is 2.22. The first-order chi connectivity index (χ1) is 9.13. The van der Waals surface area contributed by atoms with Crippen molar-refractivity contribution in [3.05, 3.63) is 41.4 Å². The van der Waals surface area contributed by atoms with Crippen LogP contribution in [0, 0.1) is 6.92 Å². The molecule has 0 aliphatic heterocycles. The largest absolute Gasteiger partial charge is 0.330 e. The number of benzene rings is 1. The average Bonchev–Trinajstić information content (AvgIpc) is 2.93. The van der Waals surface area contributed by atoms with Gasteiger partial charge in [0.2, 0.25) is 0 Å². The number of carbonyl (C=O) groups excluding carboxylic acids is 1. The van der Waals surface area contributed by atoms with E-state index >= 15 is 0 Å². The highest BCUT2D eigenvalue weighted by molar-refractivity contribution is 7.18. The van der Waals surface area contributed by atoms with Crippen molar-refractivity contribution in [2.45, 2.75) is 6.92 Å². The summed E-state index contributed by atoms with van der Waals surface area (Å²) in [5.74, 6) is 0.175. The molecule has 3 aromatic rings. The second-order valence-corrected chi connectivity index (χ2v) is 5.47. The van der Waals surface area contributed by atoms with Crippen LogP contribution in [0.15, 0.2) is 30.6 Å². The number of imidazole rings is 1. The summed E-state index contributed by atoms with van der Waals surface area (Å²) in [5.41, 5.74) is 1.71. The standard InChI is InChI=1S/C13H12N4OS/c1-8-15-10-4-3-9(7-11(10)19-8)16-13(18)12-14-5-6-17(12)2/h3-7H,1-2H3,(H,16,18). The molecule has 5 nitrogen and oxygen atoms in total. The van der Waals surface area contributed by atoms with Crippen molar-refractivity contribution >= 4 is 33.1 Å². The first kappa shape index (κ1) is 11.9. The molecule has 96 valence electrons. The highest BCUT2D eigenvalue weighted by Crippen LogP contribution is 2.24. The number of aromatic nitrogens is 3. The Bertz CT molecular complexity index is 759. The van der Waals surface area contributed by atoms with Gasteiger partial charge in [0.1, 0.15) is 0 Å². The zero-order chi connectivity index (χ0) is 13.4. The lowest BCUT2D eigenvalue weighted by molar-refractivity contribution is 0.101. The summed E-state index contributed by atoms with van der Waals surface area (Å²) in [5, 5.41) is 3.86. The van der Waals surface area contributed by atoms with E-state index < -0.39 is 0 Å². The molecule has 1 aromatic carbocycles. The Kier molecular flexibility index (Phi) is 2.79. The molecule has 0 unspecified atom stereocenters. The van der Waals surface area contributed by atoms with Crippen molar-refractivity contribution in [3.63, 3.8) is 0 Å². The van der Waals surface area contributed by atoms with Gasteiger partial charge in [-0.1, -0.05) is 0 Å². The number of aryl methyl sites for hydroxylation is 2. The van der Waals surface area contributed by atoms with Gasteiger partial charge in [-0.05, 0) is 25.1 Å². The van der Waals surface area contributed by atoms with Crippen LogP contribution in [0.3, 0.4) is 0 Å². The van der Waals surface area contributed by atoms with Gasteiger partial charge < -0.3 is 9.88 Å². The molecular weight excluding hydrogens is 260 g/mol. The molecule has 1 amide bonds. The van der Waals surface area contributed by atoms with E-state index in [1.54, 1.807) is 35.3 Å². The van der Waals surface area contributed by atoms with Crippen LogP contribution in [0.4, 0.5) is 5.69 Å². The van der Waals surface area contributed by atoms with Gasteiger partial charge in [0, 0.05) is 25.1 Å². The molecule has 19 heavy (non-hydrogen) atoms. The average molecular weight is 272 g/mol. The van der Waals surface area contributed by atoms with E-state index in [1.807, 2.05) is 25.1 Å². The van der Waals surface area contributed by atoms with Gasteiger partial charge >= 0.3 is 0 Å². The molecule has 0 aliphatic carbocycles. The molecule has 0 bridgehead atoms. The van der Waals surface area contributed by atoms with Crippen molar-refractivity contribution in [1.82, 2.24) is 14.5 Å². The minimum Gasteiger partial charge on any atom is -0.330 e. The minimum absolute atomic E-state index is 0.215. The molecule has 2 aromatic heterocycles. The molecule has 2 heterocycles. The van der Waals surface area contributed by atoms with Crippen molar-refractivity contribution in [3.8, 4) is 0 Å². The first-order valence-corrected chi connectivity index (χ1v) is 6.61. The Morgan fingerprint density at radius 3 is 3.00 bits per heavy atom. The van der Waals surface area contributed by atoms with Crippen LogP contribution in [-0.4, -0.2) is 20.4 Å². The molecular formula is C13H12N4OS. The number of thiazole rings is 1. The predicted octanol–water partition coefficient (Wildman–Crippen LogP) is 2.59. The lowest BCUT2D eigenvalue weighted by Crippen LogP contribution is -2.16. The molecule has 0 radical (unpaired) electrons. The van der Waals surface area contributed by atoms with Crippen molar-refractivity contribution in [1.29, 1.82) is 0 Å². The maximum atomic E-state index is 12.0. The fourth-order valence-electron chi connectivity index (χ4n) is 1.89. The number of nitrogens with one attached hydrogen (secondary N) is 1. The van der Waals surface area contributed by atoms with Gasteiger partial charge in [0.15, 0.2) is 5.82 Å². The smallest absolute Gasteiger partial charge is 0.291 e. The van der Waals surface area contributed by atoms with Crippen LogP contribution in [0.1, 0.15) is 15.6 Å². The first-order valence-electron chi connectivity index (χ1n) is 5.79. The number of hydrogen-bond acceptors (Lipinski definition) is 4. The maximum Gasteiger partial charge on any atom is 0.291 e. The molecule has 0 aliphatic rings. The molecule has 0 fully saturated rings. The monoisotopic (exact) mass is 272 g/mol. The molecule has 0 spiro atoms. The van der Waals surface area contributed by atoms with Crippen LogP contribution in [0.5, 0.6) is 0 Å². The van der Waals surface area contributed by atoms with Crippen LogP contribution < -0.4 is 5.32 Å². The lowest BCUT2D eigenvalue weighted by Gasteiger charge is -2.04. The fraction of sp³-hybridized carbons (Fsp3) is 0.154. The number of hydrogen-bond donors (Lipinski definition) is 1. The number of anilines is 1. The van der Waals surface area contributed by atoms with Crippen LogP contribution in [0.2, 0.25) is 0 Å². The highest BCUT2D eigenvalue weighted by Gasteiger charge is 2.11. The van der Waals surface area contributed by atoms with Gasteiger partial charge in [-0.2, -0.15) is 0 Å².